The minimum atomic E-state index is -1.44. The van der Waals surface area contributed by atoms with Gasteiger partial charge in [-0.05, 0) is 0 Å². The highest BCUT2D eigenvalue weighted by Gasteiger charge is 2.49. The lowest BCUT2D eigenvalue weighted by Gasteiger charge is -2.47. The second-order valence-electron chi connectivity index (χ2n) is 6.97. The van der Waals surface area contributed by atoms with Gasteiger partial charge in [-0.25, -0.2) is 0 Å². The van der Waals surface area contributed by atoms with Crippen molar-refractivity contribution in [2.24, 2.45) is 0 Å². The second-order valence-corrected chi connectivity index (χ2v) is 6.97. The number of carboxylic acids is 2. The van der Waals surface area contributed by atoms with Gasteiger partial charge in [0.2, 0.25) is 0 Å². The maximum absolute atomic E-state index is 10.7. The largest absolute Gasteiger partial charge is 0.481 e. The summed E-state index contributed by atoms with van der Waals surface area (Å²) >= 11 is 0. The molecule has 1 aliphatic carbocycles. The van der Waals surface area contributed by atoms with E-state index in [1.54, 1.807) is 0 Å². The van der Waals surface area contributed by atoms with Gasteiger partial charge in [-0.3, -0.25) is 9.59 Å². The van der Waals surface area contributed by atoms with E-state index in [1.807, 2.05) is 0 Å². The first-order valence-corrected chi connectivity index (χ1v) is 9.25. The molecule has 1 saturated carbocycles. The number of aliphatic carboxylic acids is 2. The molecule has 0 aromatic heterocycles. The lowest BCUT2D eigenvalue weighted by molar-refractivity contribution is -0.137. The maximum Gasteiger partial charge on any atom is 0.304 e. The molecule has 1 rings (SSSR count). The van der Waals surface area contributed by atoms with Crippen molar-refractivity contribution in [3.63, 3.8) is 0 Å². The van der Waals surface area contributed by atoms with Gasteiger partial charge in [0, 0.05) is 19.6 Å². The Hall–Kier alpha value is -1.42. The number of hydrogen-bond acceptors (Lipinski definition) is 11. The van der Waals surface area contributed by atoms with Crippen LogP contribution in [0.15, 0.2) is 0 Å². The Morgan fingerprint density at radius 1 is 0.724 bits per heavy atom. The normalized spacial score (nSPS) is 31.9. The molecule has 13 nitrogen and oxygen atoms in total. The summed E-state index contributed by atoms with van der Waals surface area (Å²) in [5, 5.41) is 85.3. The van der Waals surface area contributed by atoms with Crippen LogP contribution in [-0.2, 0) is 9.59 Å². The van der Waals surface area contributed by atoms with Crippen LogP contribution < -0.4 is 16.0 Å². The highest BCUT2D eigenvalue weighted by molar-refractivity contribution is 5.67. The molecule has 0 spiro atoms. The summed E-state index contributed by atoms with van der Waals surface area (Å²) in [7, 11) is 0. The molecule has 13 heteroatoms. The van der Waals surface area contributed by atoms with Gasteiger partial charge >= 0.3 is 11.9 Å². The number of aliphatic hydroxyl groups excluding tert-OH is 6. The van der Waals surface area contributed by atoms with Crippen molar-refractivity contribution in [1.82, 2.24) is 16.0 Å². The lowest BCUT2D eigenvalue weighted by Crippen LogP contribution is -2.74. The molecule has 2 unspecified atom stereocenters. The van der Waals surface area contributed by atoms with Crippen LogP contribution in [0.1, 0.15) is 12.8 Å². The molecule has 0 radical (unpaired) electrons. The summed E-state index contributed by atoms with van der Waals surface area (Å²) < 4.78 is 0. The molecule has 0 aromatic carbocycles. The molecule has 0 aromatic rings. The average molecular weight is 425 g/mol. The zero-order valence-electron chi connectivity index (χ0n) is 15.8. The molecule has 0 heterocycles. The summed E-state index contributed by atoms with van der Waals surface area (Å²) in [6, 6.07) is -3.27. The first kappa shape index (κ1) is 25.6. The van der Waals surface area contributed by atoms with Crippen LogP contribution in [0.3, 0.4) is 0 Å². The van der Waals surface area contributed by atoms with E-state index in [2.05, 4.69) is 16.0 Å². The molecule has 8 atom stereocenters. The van der Waals surface area contributed by atoms with Gasteiger partial charge in [-0.15, -0.1) is 0 Å². The van der Waals surface area contributed by atoms with Crippen molar-refractivity contribution in [1.29, 1.82) is 0 Å². The van der Waals surface area contributed by atoms with Crippen molar-refractivity contribution >= 4 is 11.9 Å². The van der Waals surface area contributed by atoms with E-state index in [1.165, 1.54) is 0 Å². The molecule has 170 valence electrons. The van der Waals surface area contributed by atoms with Crippen LogP contribution in [0.5, 0.6) is 0 Å². The first-order chi connectivity index (χ1) is 13.6. The molecular weight excluding hydrogens is 394 g/mol. The predicted octanol–water partition coefficient (Wildman–Crippen LogP) is -5.38. The van der Waals surface area contributed by atoms with E-state index < -0.39 is 67.2 Å². The second kappa shape index (κ2) is 12.3. The Morgan fingerprint density at radius 2 is 1.10 bits per heavy atom. The third-order valence-electron chi connectivity index (χ3n) is 4.84. The Morgan fingerprint density at radius 3 is 1.45 bits per heavy atom. The van der Waals surface area contributed by atoms with Crippen molar-refractivity contribution in [3.8, 4) is 0 Å². The van der Waals surface area contributed by atoms with Crippen LogP contribution in [0.2, 0.25) is 0 Å². The van der Waals surface area contributed by atoms with Gasteiger partial charge in [0.05, 0.1) is 62.0 Å². The van der Waals surface area contributed by atoms with Crippen LogP contribution in [0, 0.1) is 0 Å². The van der Waals surface area contributed by atoms with Crippen LogP contribution in [0.25, 0.3) is 0 Å². The van der Waals surface area contributed by atoms with Crippen molar-refractivity contribution < 1.29 is 50.4 Å². The number of aliphatic hydroxyl groups is 6. The summed E-state index contributed by atoms with van der Waals surface area (Å²) in [6.07, 6.45) is -7.62. The third-order valence-corrected chi connectivity index (χ3v) is 4.84. The molecule has 11 N–H and O–H groups in total. The fourth-order valence-corrected chi connectivity index (χ4v) is 3.21. The SMILES string of the molecule is O=C(O)CCN[C@@H]1C(O)[C@H](NCCC(=O)O)[C@H](O)C(NC[C@H](O)[C@H](O)CO)[C@@H]1O. The van der Waals surface area contributed by atoms with Crippen molar-refractivity contribution in [2.75, 3.05) is 26.2 Å². The van der Waals surface area contributed by atoms with Gasteiger partial charge in [-0.1, -0.05) is 0 Å². The number of hydrogen-bond donors (Lipinski definition) is 11. The van der Waals surface area contributed by atoms with E-state index >= 15 is 0 Å². The Bertz CT molecular complexity index is 491. The van der Waals surface area contributed by atoms with Gasteiger partial charge in [0.25, 0.3) is 0 Å². The smallest absolute Gasteiger partial charge is 0.304 e. The zero-order chi connectivity index (χ0) is 22.1. The Kier molecular flexibility index (Phi) is 10.9. The third kappa shape index (κ3) is 7.73. The van der Waals surface area contributed by atoms with Gasteiger partial charge < -0.3 is 56.8 Å². The zero-order valence-corrected chi connectivity index (χ0v) is 15.8. The Labute approximate surface area is 167 Å². The number of carboxylic acid groups (broad SMARTS) is 2. The van der Waals surface area contributed by atoms with E-state index in [0.717, 1.165) is 0 Å². The summed E-state index contributed by atoms with van der Waals surface area (Å²) in [5.74, 6) is -2.19. The quantitative estimate of drug-likeness (QED) is 0.132. The van der Waals surface area contributed by atoms with Crippen molar-refractivity contribution in [2.45, 2.75) is 61.5 Å². The fraction of sp³-hybridized carbons (Fsp3) is 0.875. The monoisotopic (exact) mass is 425 g/mol. The number of nitrogens with one attached hydrogen (secondary N) is 3. The summed E-state index contributed by atoms with van der Waals surface area (Å²) in [4.78, 5) is 21.4. The first-order valence-electron chi connectivity index (χ1n) is 9.25. The average Bonchev–Trinajstić information content (AvgIpc) is 2.65. The molecule has 1 aliphatic rings. The minimum Gasteiger partial charge on any atom is -0.481 e. The van der Waals surface area contributed by atoms with E-state index in [-0.39, 0.29) is 32.5 Å². The van der Waals surface area contributed by atoms with Gasteiger partial charge in [0.1, 0.15) is 6.10 Å². The lowest BCUT2D eigenvalue weighted by atomic mass is 9.79. The number of rotatable bonds is 13. The topological polar surface area (TPSA) is 232 Å². The molecule has 1 fully saturated rings. The summed E-state index contributed by atoms with van der Waals surface area (Å²) in [6.45, 7) is -1.16. The highest BCUT2D eigenvalue weighted by atomic mass is 16.4. The van der Waals surface area contributed by atoms with Gasteiger partial charge in [0.15, 0.2) is 0 Å². The van der Waals surface area contributed by atoms with E-state index in [4.69, 9.17) is 15.3 Å². The number of carbonyl (C=O) groups is 2. The van der Waals surface area contributed by atoms with Gasteiger partial charge in [-0.2, -0.15) is 0 Å². The molecule has 29 heavy (non-hydrogen) atoms. The molecule has 0 bridgehead atoms. The molecular formula is C16H31N3O10. The molecule has 0 aliphatic heterocycles. The van der Waals surface area contributed by atoms with Crippen LogP contribution in [0.4, 0.5) is 0 Å². The predicted molar refractivity (Wildman–Crippen MR) is 97.0 cm³/mol. The molecule has 0 saturated heterocycles. The highest BCUT2D eigenvalue weighted by Crippen LogP contribution is 2.22. The van der Waals surface area contributed by atoms with Crippen molar-refractivity contribution in [3.05, 3.63) is 0 Å². The standard InChI is InChI=1S/C16H31N3O10/c20-6-8(22)7(21)5-19-13-15(28)11(17-3-1-9(23)24)14(27)12(16(13)29)18-4-2-10(25)26/h7-8,11-22,27-29H,1-6H2,(H,23,24)(H,25,26)/t7-,8+,11-,12+,13?,14?,15-,16+/m0/s1. The van der Waals surface area contributed by atoms with Crippen LogP contribution >= 0.6 is 0 Å². The summed E-state index contributed by atoms with van der Waals surface area (Å²) in [5.41, 5.74) is 0. The maximum atomic E-state index is 10.7. The molecule has 0 amide bonds. The minimum absolute atomic E-state index is 0.0787. The fourth-order valence-electron chi connectivity index (χ4n) is 3.21. The van der Waals surface area contributed by atoms with Crippen LogP contribution in [-0.4, -0.2) is 128 Å². The Balaban J connectivity index is 2.89. The van der Waals surface area contributed by atoms with E-state index in [0.29, 0.717) is 0 Å². The van der Waals surface area contributed by atoms with E-state index in [9.17, 15) is 35.1 Å².